The van der Waals surface area contributed by atoms with Crippen molar-refractivity contribution in [2.75, 3.05) is 36.5 Å². The van der Waals surface area contributed by atoms with Crippen LogP contribution < -0.4 is 4.90 Å². The van der Waals surface area contributed by atoms with E-state index in [-0.39, 0.29) is 23.5 Å². The first-order valence-electron chi connectivity index (χ1n) is 8.56. The number of hydrogen-bond acceptors (Lipinski definition) is 5. The topological polar surface area (TPSA) is 70.6 Å². The number of carbonyl (C=O) groups excluding carboxylic acids is 1. The Morgan fingerprint density at radius 2 is 1.96 bits per heavy atom. The lowest BCUT2D eigenvalue weighted by Crippen LogP contribution is -2.38. The molecular formula is C17H27N3O3S. The zero-order chi connectivity index (χ0) is 17.7. The summed E-state index contributed by atoms with van der Waals surface area (Å²) in [4.78, 5) is 20.7. The van der Waals surface area contributed by atoms with Crippen LogP contribution in [0.1, 0.15) is 43.6 Å². The Hall–Kier alpha value is -1.63. The van der Waals surface area contributed by atoms with Crippen LogP contribution in [-0.4, -0.2) is 61.9 Å². The molecule has 24 heavy (non-hydrogen) atoms. The van der Waals surface area contributed by atoms with Gasteiger partial charge in [0.25, 0.3) is 5.91 Å². The highest BCUT2D eigenvalue weighted by Crippen LogP contribution is 2.20. The van der Waals surface area contributed by atoms with Crippen molar-refractivity contribution in [1.82, 2.24) is 9.88 Å². The van der Waals surface area contributed by atoms with Gasteiger partial charge in [0, 0.05) is 38.1 Å². The smallest absolute Gasteiger partial charge is 0.272 e. The number of amides is 1. The van der Waals surface area contributed by atoms with Gasteiger partial charge in [0.05, 0.1) is 11.5 Å². The fourth-order valence-corrected chi connectivity index (χ4v) is 4.84. The molecule has 1 aliphatic rings. The lowest BCUT2D eigenvalue weighted by atomic mass is 10.2. The van der Waals surface area contributed by atoms with E-state index in [1.165, 1.54) is 4.90 Å². The molecule has 1 atom stereocenters. The highest BCUT2D eigenvalue weighted by Gasteiger charge is 2.33. The van der Waals surface area contributed by atoms with E-state index >= 15 is 0 Å². The van der Waals surface area contributed by atoms with Crippen LogP contribution in [0.4, 0.5) is 5.69 Å². The van der Waals surface area contributed by atoms with E-state index in [0.717, 1.165) is 31.6 Å². The van der Waals surface area contributed by atoms with Crippen LogP contribution in [0, 0.1) is 0 Å². The van der Waals surface area contributed by atoms with Crippen molar-refractivity contribution >= 4 is 21.4 Å². The maximum absolute atomic E-state index is 12.7. The summed E-state index contributed by atoms with van der Waals surface area (Å²) in [6.07, 6.45) is 4.22. The van der Waals surface area contributed by atoms with E-state index in [9.17, 15) is 13.2 Å². The van der Waals surface area contributed by atoms with Crippen LogP contribution in [0.5, 0.6) is 0 Å². The van der Waals surface area contributed by atoms with Crippen molar-refractivity contribution in [1.29, 1.82) is 0 Å². The third kappa shape index (κ3) is 4.47. The zero-order valence-electron chi connectivity index (χ0n) is 14.7. The molecule has 0 spiro atoms. The summed E-state index contributed by atoms with van der Waals surface area (Å²) >= 11 is 0. The average molecular weight is 353 g/mol. The molecule has 1 aliphatic heterocycles. The molecule has 0 saturated carbocycles. The first-order chi connectivity index (χ1) is 11.4. The van der Waals surface area contributed by atoms with E-state index in [2.05, 4.69) is 23.7 Å². The Labute approximate surface area is 144 Å². The minimum atomic E-state index is -3.02. The SMILES string of the molecule is CCCN(CCC)c1ccnc(C(=O)N(C)C2CCS(=O)(=O)C2)c1. The van der Waals surface area contributed by atoms with Crippen molar-refractivity contribution in [2.24, 2.45) is 0 Å². The summed E-state index contributed by atoms with van der Waals surface area (Å²) in [5, 5.41) is 0. The van der Waals surface area contributed by atoms with E-state index in [4.69, 9.17) is 0 Å². The summed E-state index contributed by atoms with van der Waals surface area (Å²) in [5.41, 5.74) is 1.36. The van der Waals surface area contributed by atoms with Crippen LogP contribution in [-0.2, 0) is 9.84 Å². The van der Waals surface area contributed by atoms with Crippen molar-refractivity contribution in [3.8, 4) is 0 Å². The molecule has 6 nitrogen and oxygen atoms in total. The minimum absolute atomic E-state index is 0.0483. The minimum Gasteiger partial charge on any atom is -0.371 e. The number of nitrogens with zero attached hydrogens (tertiary/aromatic N) is 3. The molecule has 1 saturated heterocycles. The highest BCUT2D eigenvalue weighted by atomic mass is 32.2. The normalized spacial score (nSPS) is 19.2. The Morgan fingerprint density at radius 3 is 2.50 bits per heavy atom. The quantitative estimate of drug-likeness (QED) is 0.749. The van der Waals surface area contributed by atoms with Gasteiger partial charge >= 0.3 is 0 Å². The van der Waals surface area contributed by atoms with Gasteiger partial charge in [-0.1, -0.05) is 13.8 Å². The second kappa shape index (κ2) is 7.96. The molecule has 1 fully saturated rings. The molecule has 1 amide bonds. The summed E-state index contributed by atoms with van der Waals surface area (Å²) in [5.74, 6) is -0.0112. The summed E-state index contributed by atoms with van der Waals surface area (Å²) in [6.45, 7) is 6.12. The van der Waals surface area contributed by atoms with E-state index in [0.29, 0.717) is 12.1 Å². The molecule has 0 aliphatic carbocycles. The molecule has 1 aromatic heterocycles. The average Bonchev–Trinajstić information content (AvgIpc) is 2.93. The number of aromatic nitrogens is 1. The molecule has 0 radical (unpaired) electrons. The second-order valence-corrected chi connectivity index (χ2v) is 8.59. The zero-order valence-corrected chi connectivity index (χ0v) is 15.6. The monoisotopic (exact) mass is 353 g/mol. The van der Waals surface area contributed by atoms with Crippen LogP contribution in [0.3, 0.4) is 0 Å². The fourth-order valence-electron chi connectivity index (χ4n) is 3.07. The Kier molecular flexibility index (Phi) is 6.21. The summed E-state index contributed by atoms with van der Waals surface area (Å²) < 4.78 is 23.3. The predicted molar refractivity (Wildman–Crippen MR) is 96.2 cm³/mol. The van der Waals surface area contributed by atoms with Crippen LogP contribution in [0.25, 0.3) is 0 Å². The molecule has 7 heteroatoms. The number of hydrogen-bond donors (Lipinski definition) is 0. The number of sulfone groups is 1. The van der Waals surface area contributed by atoms with Gasteiger partial charge in [-0.25, -0.2) is 8.42 Å². The molecule has 2 rings (SSSR count). The van der Waals surface area contributed by atoms with Crippen molar-refractivity contribution in [3.05, 3.63) is 24.0 Å². The van der Waals surface area contributed by atoms with Gasteiger partial charge in [-0.05, 0) is 31.4 Å². The van der Waals surface area contributed by atoms with E-state index < -0.39 is 9.84 Å². The Balaban J connectivity index is 2.16. The van der Waals surface area contributed by atoms with Gasteiger partial charge in [-0.2, -0.15) is 0 Å². The lowest BCUT2D eigenvalue weighted by molar-refractivity contribution is 0.0742. The number of anilines is 1. The third-order valence-electron chi connectivity index (χ3n) is 4.39. The summed E-state index contributed by atoms with van der Waals surface area (Å²) in [7, 11) is -1.35. The Morgan fingerprint density at radius 1 is 1.29 bits per heavy atom. The number of carbonyl (C=O) groups is 1. The molecular weight excluding hydrogens is 326 g/mol. The van der Waals surface area contributed by atoms with Gasteiger partial charge in [-0.3, -0.25) is 9.78 Å². The molecule has 134 valence electrons. The van der Waals surface area contributed by atoms with Crippen LogP contribution in [0.15, 0.2) is 18.3 Å². The third-order valence-corrected chi connectivity index (χ3v) is 6.14. The van der Waals surface area contributed by atoms with E-state index in [1.54, 1.807) is 13.2 Å². The summed E-state index contributed by atoms with van der Waals surface area (Å²) in [6, 6.07) is 3.48. The van der Waals surface area contributed by atoms with Gasteiger partial charge in [0.15, 0.2) is 9.84 Å². The first-order valence-corrected chi connectivity index (χ1v) is 10.4. The highest BCUT2D eigenvalue weighted by molar-refractivity contribution is 7.91. The molecule has 0 N–H and O–H groups in total. The standard InChI is InChI=1S/C17H27N3O3S/c1-4-9-20(10-5-2)14-6-8-18-16(12-14)17(21)19(3)15-7-11-24(22,23)13-15/h6,8,12,15H,4-5,7,9-11,13H2,1-3H3. The Bertz CT molecular complexity index is 669. The second-order valence-electron chi connectivity index (χ2n) is 6.36. The molecule has 1 aromatic rings. The van der Waals surface area contributed by atoms with Gasteiger partial charge in [0.1, 0.15) is 5.69 Å². The van der Waals surface area contributed by atoms with Crippen molar-refractivity contribution in [3.63, 3.8) is 0 Å². The number of pyridine rings is 1. The maximum Gasteiger partial charge on any atom is 0.272 e. The van der Waals surface area contributed by atoms with Crippen molar-refractivity contribution in [2.45, 2.75) is 39.2 Å². The van der Waals surface area contributed by atoms with E-state index in [1.807, 2.05) is 12.1 Å². The molecule has 0 aromatic carbocycles. The maximum atomic E-state index is 12.7. The molecule has 0 bridgehead atoms. The largest absolute Gasteiger partial charge is 0.371 e. The lowest BCUT2D eigenvalue weighted by Gasteiger charge is -2.26. The van der Waals surface area contributed by atoms with Crippen LogP contribution in [0.2, 0.25) is 0 Å². The van der Waals surface area contributed by atoms with Gasteiger partial charge < -0.3 is 9.80 Å². The molecule has 1 unspecified atom stereocenters. The van der Waals surface area contributed by atoms with Crippen LogP contribution >= 0.6 is 0 Å². The molecule has 2 heterocycles. The fraction of sp³-hybridized carbons (Fsp3) is 0.647. The van der Waals surface area contributed by atoms with Gasteiger partial charge in [-0.15, -0.1) is 0 Å². The first kappa shape index (κ1) is 18.7. The van der Waals surface area contributed by atoms with Crippen molar-refractivity contribution < 1.29 is 13.2 Å². The predicted octanol–water partition coefficient (Wildman–Crippen LogP) is 1.97. The van der Waals surface area contributed by atoms with Gasteiger partial charge in [0.2, 0.25) is 0 Å². The number of rotatable bonds is 7.